The largest absolute Gasteiger partial charge is 0.501 e. The summed E-state index contributed by atoms with van der Waals surface area (Å²) in [5.41, 5.74) is 5.07. The molecule has 0 spiro atoms. The van der Waals surface area contributed by atoms with Gasteiger partial charge >= 0.3 is 0 Å². The minimum Gasteiger partial charge on any atom is -0.501 e. The Balaban J connectivity index is 0.000000280. The molecule has 5 heteroatoms. The van der Waals surface area contributed by atoms with Crippen LogP contribution in [0.4, 0.5) is 0 Å². The Hall–Kier alpha value is -4.83. The number of fused-ring (bicyclic) bond motifs is 4. The predicted molar refractivity (Wildman–Crippen MR) is 199 cm³/mol. The fourth-order valence-corrected chi connectivity index (χ4v) is 5.87. The van der Waals surface area contributed by atoms with E-state index in [4.69, 9.17) is 16.8 Å². The Labute approximate surface area is 314 Å². The molecular weight excluding hydrogens is 779 g/mol. The average Bonchev–Trinajstić information content (AvgIpc) is 3.76. The van der Waals surface area contributed by atoms with Crippen LogP contribution in [0.15, 0.2) is 114 Å². The summed E-state index contributed by atoms with van der Waals surface area (Å²) < 4.78 is 79.7. The molecule has 4 nitrogen and oxygen atoms in total. The van der Waals surface area contributed by atoms with Crippen LogP contribution in [0.2, 0.25) is 0 Å². The number of furan rings is 1. The Morgan fingerprint density at radius 3 is 2.37 bits per heavy atom. The molecule has 0 aliphatic heterocycles. The molecule has 8 aromatic rings. The monoisotopic (exact) mass is 827 g/mol. The molecule has 0 bridgehead atoms. The van der Waals surface area contributed by atoms with E-state index in [1.807, 2.05) is 66.3 Å². The van der Waals surface area contributed by atoms with Crippen LogP contribution in [0.25, 0.3) is 66.5 Å². The minimum absolute atomic E-state index is 0. The van der Waals surface area contributed by atoms with Gasteiger partial charge < -0.3 is 14.0 Å². The number of imidazole rings is 1. The topological polar surface area (TPSA) is 43.9 Å². The molecule has 5 aromatic carbocycles. The van der Waals surface area contributed by atoms with E-state index >= 15 is 0 Å². The van der Waals surface area contributed by atoms with Crippen molar-refractivity contribution in [2.24, 2.45) is 7.05 Å². The molecule has 1 radical (unpaired) electrons. The summed E-state index contributed by atoms with van der Waals surface area (Å²) >= 11 is 0. The zero-order valence-corrected chi connectivity index (χ0v) is 29.9. The minimum atomic E-state index is -2.52. The number of aryl methyl sites for hydroxylation is 4. The van der Waals surface area contributed by atoms with Crippen LogP contribution in [0, 0.1) is 32.7 Å². The van der Waals surface area contributed by atoms with Gasteiger partial charge in [0.05, 0.1) is 11.4 Å². The molecule has 3 heterocycles. The second-order valence-corrected chi connectivity index (χ2v) is 12.9. The van der Waals surface area contributed by atoms with Crippen LogP contribution < -0.4 is 0 Å². The molecule has 0 aliphatic rings. The summed E-state index contributed by atoms with van der Waals surface area (Å²) in [6, 6.07) is 33.5. The Morgan fingerprint density at radius 1 is 0.796 bits per heavy atom. The Kier molecular flexibility index (Phi) is 6.74. The fraction of sp³-hybridized carbons (Fsp3) is 0.182. The van der Waals surface area contributed by atoms with Gasteiger partial charge in [0, 0.05) is 63.5 Å². The average molecular weight is 827 g/mol. The number of nitrogens with zero attached hydrogens (tertiary/aromatic N) is 3. The smallest absolute Gasteiger partial charge is 0.120 e. The van der Waals surface area contributed by atoms with E-state index in [9.17, 15) is 0 Å². The van der Waals surface area contributed by atoms with Gasteiger partial charge in [-0.05, 0) is 75.5 Å². The number of hydrogen-bond acceptors (Lipinski definition) is 3. The third-order valence-electron chi connectivity index (χ3n) is 8.51. The van der Waals surface area contributed by atoms with Crippen molar-refractivity contribution in [3.05, 3.63) is 144 Å². The van der Waals surface area contributed by atoms with Gasteiger partial charge in [-0.15, -0.1) is 53.6 Å². The molecule has 8 rings (SSSR count). The molecule has 0 amide bonds. The van der Waals surface area contributed by atoms with E-state index in [1.165, 1.54) is 12.3 Å². The van der Waals surface area contributed by atoms with E-state index in [-0.39, 0.29) is 36.6 Å². The van der Waals surface area contributed by atoms with Crippen LogP contribution in [-0.2, 0) is 32.6 Å². The van der Waals surface area contributed by atoms with Gasteiger partial charge in [0.15, 0.2) is 0 Å². The molecular formula is C44H39IrN3O-2. The Bertz CT molecular complexity index is 2760. The number of aromatic nitrogens is 3. The second-order valence-electron chi connectivity index (χ2n) is 12.9. The molecule has 0 unspecified atom stereocenters. The molecule has 0 atom stereocenters. The molecule has 247 valence electrons. The maximum Gasteiger partial charge on any atom is 0.120 e. The summed E-state index contributed by atoms with van der Waals surface area (Å²) in [6.45, 7) is -0.763. The van der Waals surface area contributed by atoms with Crippen molar-refractivity contribution in [1.82, 2.24) is 14.5 Å². The second kappa shape index (κ2) is 13.6. The first kappa shape index (κ1) is 24.3. The van der Waals surface area contributed by atoms with E-state index in [1.54, 1.807) is 42.6 Å². The van der Waals surface area contributed by atoms with Crippen LogP contribution in [0.5, 0.6) is 0 Å². The van der Waals surface area contributed by atoms with E-state index < -0.39 is 20.6 Å². The standard InChI is InChI=1S/C33H28NO.C11H11N2.Ir/c1-20-15-23-16-24(33(3,4)5)14-13-22(23)17-28(20)29-18-30(34-19-21(29)2)27-11-8-10-26-25-9-6-7-12-31(25)35-32(26)27;1-9-3-5-10(6-4-9)11-12-7-8-13(11)2;/h6-10,12-19H,1-5H3;3-5,7-8H,1-2H3;/q2*-1;/i1D3,2D3;1D3;. The van der Waals surface area contributed by atoms with Gasteiger partial charge in [-0.1, -0.05) is 87.1 Å². The molecule has 3 aromatic heterocycles. The Morgan fingerprint density at radius 2 is 1.63 bits per heavy atom. The van der Waals surface area contributed by atoms with Crippen molar-refractivity contribution < 1.29 is 36.9 Å². The number of hydrogen-bond donors (Lipinski definition) is 0. The van der Waals surface area contributed by atoms with Crippen LogP contribution in [0.1, 0.15) is 55.4 Å². The zero-order chi connectivity index (χ0) is 41.1. The summed E-state index contributed by atoms with van der Waals surface area (Å²) in [5, 5.41) is 3.45. The van der Waals surface area contributed by atoms with Gasteiger partial charge in [0.1, 0.15) is 5.58 Å². The molecule has 0 aliphatic carbocycles. The molecule has 49 heavy (non-hydrogen) atoms. The molecule has 0 fully saturated rings. The first-order chi connectivity index (χ1) is 26.7. The van der Waals surface area contributed by atoms with Gasteiger partial charge in [-0.25, -0.2) is 0 Å². The normalized spacial score (nSPS) is 14.9. The van der Waals surface area contributed by atoms with Crippen LogP contribution in [-0.4, -0.2) is 14.5 Å². The maximum atomic E-state index is 8.38. The third kappa shape index (κ3) is 6.74. The van der Waals surface area contributed by atoms with Crippen LogP contribution >= 0.6 is 0 Å². The van der Waals surface area contributed by atoms with Crippen LogP contribution in [0.3, 0.4) is 0 Å². The molecule has 0 saturated heterocycles. The van der Waals surface area contributed by atoms with Crippen molar-refractivity contribution in [1.29, 1.82) is 0 Å². The fourth-order valence-electron chi connectivity index (χ4n) is 5.87. The summed E-state index contributed by atoms with van der Waals surface area (Å²) in [5.74, 6) is 0.775. The summed E-state index contributed by atoms with van der Waals surface area (Å²) in [7, 11) is 1.88. The van der Waals surface area contributed by atoms with E-state index in [0.29, 0.717) is 33.5 Å². The SMILES string of the molecule is [2H]C([2H])([2H])c1c[c-]c(-c2nccn2C)cc1.[2H]C([2H])([2H])c1cnc(-c2[c-]ccc3c2oc2ccccc23)cc1-c1cc2ccc(C(C)(C)C)cc2cc1C([2H])([2H])[2H].[Ir]. The van der Waals surface area contributed by atoms with Crippen molar-refractivity contribution in [2.45, 2.75) is 46.7 Å². The number of pyridine rings is 1. The first-order valence-corrected chi connectivity index (χ1v) is 15.6. The first-order valence-electron chi connectivity index (χ1n) is 20.1. The van der Waals surface area contributed by atoms with Crippen molar-refractivity contribution in [2.75, 3.05) is 0 Å². The molecule has 0 N–H and O–H groups in total. The number of rotatable bonds is 3. The van der Waals surface area contributed by atoms with E-state index in [2.05, 4.69) is 42.9 Å². The van der Waals surface area contributed by atoms with Gasteiger partial charge in [0.2, 0.25) is 0 Å². The van der Waals surface area contributed by atoms with Crippen molar-refractivity contribution in [3.63, 3.8) is 0 Å². The predicted octanol–water partition coefficient (Wildman–Crippen LogP) is 11.4. The van der Waals surface area contributed by atoms with Crippen molar-refractivity contribution in [3.8, 4) is 33.8 Å². The van der Waals surface area contributed by atoms with Gasteiger partial charge in [0.25, 0.3) is 0 Å². The molecule has 0 saturated carbocycles. The van der Waals surface area contributed by atoms with E-state index in [0.717, 1.165) is 44.1 Å². The zero-order valence-electron chi connectivity index (χ0n) is 36.5. The quantitative estimate of drug-likeness (QED) is 0.167. The van der Waals surface area contributed by atoms with Gasteiger partial charge in [-0.3, -0.25) is 4.98 Å². The number of benzene rings is 5. The third-order valence-corrected chi connectivity index (χ3v) is 8.51. The summed E-state index contributed by atoms with van der Waals surface area (Å²) in [6.07, 6.45) is 4.85. The summed E-state index contributed by atoms with van der Waals surface area (Å²) in [4.78, 5) is 8.69. The number of para-hydroxylation sites is 1. The maximum absolute atomic E-state index is 8.38. The van der Waals surface area contributed by atoms with Gasteiger partial charge in [-0.2, -0.15) is 0 Å². The van der Waals surface area contributed by atoms with Crippen molar-refractivity contribution >= 4 is 32.7 Å².